The first-order valence-electron chi connectivity index (χ1n) is 8.65. The highest BCUT2D eigenvalue weighted by molar-refractivity contribution is 8.18. The molecule has 2 fully saturated rings. The van der Waals surface area contributed by atoms with Crippen LogP contribution in [0.25, 0.3) is 6.08 Å². The van der Waals surface area contributed by atoms with E-state index < -0.39 is 0 Å². The molecule has 2 aliphatic heterocycles. The van der Waals surface area contributed by atoms with Crippen molar-refractivity contribution in [2.75, 3.05) is 37.6 Å². The van der Waals surface area contributed by atoms with Crippen LogP contribution < -0.4 is 16.0 Å². The lowest BCUT2D eigenvalue weighted by Gasteiger charge is -2.25. The number of nitrogens with two attached hydrogens (primary N) is 1. The van der Waals surface area contributed by atoms with Gasteiger partial charge in [0.05, 0.1) is 4.91 Å². The van der Waals surface area contributed by atoms with Crippen molar-refractivity contribution in [3.05, 3.63) is 34.7 Å². The van der Waals surface area contributed by atoms with E-state index in [9.17, 15) is 14.4 Å². The average Bonchev–Trinajstić information content (AvgIpc) is 2.82. The molecule has 0 aliphatic carbocycles. The minimum absolute atomic E-state index is 0.0993. The molecule has 7 nitrogen and oxygen atoms in total. The number of anilines is 1. The Hall–Kier alpha value is -2.32. The van der Waals surface area contributed by atoms with Crippen molar-refractivity contribution < 1.29 is 14.4 Å². The van der Waals surface area contributed by atoms with Crippen LogP contribution in [0.2, 0.25) is 0 Å². The number of hydrogen-bond acceptors (Lipinski definition) is 6. The van der Waals surface area contributed by atoms with Gasteiger partial charge in [-0.25, -0.2) is 0 Å². The van der Waals surface area contributed by atoms with Crippen molar-refractivity contribution in [3.63, 3.8) is 0 Å². The number of thioether (sulfide) groups is 1. The average molecular weight is 374 g/mol. The Morgan fingerprint density at radius 3 is 2.73 bits per heavy atom. The number of carbonyl (C=O) groups is 3. The summed E-state index contributed by atoms with van der Waals surface area (Å²) in [4.78, 5) is 39.8. The van der Waals surface area contributed by atoms with Gasteiger partial charge >= 0.3 is 0 Å². The van der Waals surface area contributed by atoms with E-state index in [0.717, 1.165) is 49.1 Å². The summed E-state index contributed by atoms with van der Waals surface area (Å²) in [5.74, 6) is -0.258. The van der Waals surface area contributed by atoms with Gasteiger partial charge in [-0.3, -0.25) is 19.7 Å². The molecule has 1 aromatic carbocycles. The maximum Gasteiger partial charge on any atom is 0.290 e. The fourth-order valence-corrected chi connectivity index (χ4v) is 3.82. The number of hydrogen-bond donors (Lipinski definition) is 2. The molecule has 0 aromatic heterocycles. The first kappa shape index (κ1) is 18.5. The van der Waals surface area contributed by atoms with Gasteiger partial charge in [-0.05, 0) is 35.9 Å². The first-order chi connectivity index (χ1) is 12.6. The summed E-state index contributed by atoms with van der Waals surface area (Å²) in [7, 11) is 0. The molecule has 3 amide bonds. The molecule has 0 spiro atoms. The molecule has 1 aromatic rings. The summed E-state index contributed by atoms with van der Waals surface area (Å²) < 4.78 is 0. The van der Waals surface area contributed by atoms with Gasteiger partial charge in [0.2, 0.25) is 5.91 Å². The number of carbonyl (C=O) groups excluding carboxylic acids is 3. The zero-order valence-corrected chi connectivity index (χ0v) is 15.3. The zero-order chi connectivity index (χ0) is 18.5. The lowest BCUT2D eigenvalue weighted by atomic mass is 10.1. The molecule has 0 radical (unpaired) electrons. The van der Waals surface area contributed by atoms with Crippen molar-refractivity contribution >= 4 is 40.6 Å². The van der Waals surface area contributed by atoms with Gasteiger partial charge in [0.1, 0.15) is 0 Å². The molecule has 0 bridgehead atoms. The number of amides is 3. The monoisotopic (exact) mass is 374 g/mol. The number of rotatable bonds is 4. The predicted octanol–water partition coefficient (Wildman–Crippen LogP) is 1.40. The van der Waals surface area contributed by atoms with Crippen LogP contribution in [0.1, 0.15) is 18.4 Å². The van der Waals surface area contributed by atoms with E-state index in [-0.39, 0.29) is 17.1 Å². The van der Waals surface area contributed by atoms with E-state index in [1.807, 2.05) is 29.2 Å². The van der Waals surface area contributed by atoms with Crippen molar-refractivity contribution in [1.29, 1.82) is 0 Å². The lowest BCUT2D eigenvalue weighted by Crippen LogP contribution is -2.36. The third-order valence-electron chi connectivity index (χ3n) is 4.41. The predicted molar refractivity (Wildman–Crippen MR) is 103 cm³/mol. The SMILES string of the molecule is NCCC(=O)N1CCCN(c2ccccc2C=C2SC(=O)NC2=O)CC1. The van der Waals surface area contributed by atoms with Gasteiger partial charge in [-0.15, -0.1) is 0 Å². The fraction of sp³-hybridized carbons (Fsp3) is 0.389. The van der Waals surface area contributed by atoms with Crippen LogP contribution in [0, 0.1) is 0 Å². The highest BCUT2D eigenvalue weighted by Crippen LogP contribution is 2.30. The van der Waals surface area contributed by atoms with E-state index in [1.54, 1.807) is 6.08 Å². The number of para-hydroxylation sites is 1. The normalized spacial score (nSPS) is 19.7. The second kappa shape index (κ2) is 8.37. The molecule has 3 N–H and O–H groups in total. The smallest absolute Gasteiger partial charge is 0.290 e. The minimum Gasteiger partial charge on any atom is -0.369 e. The summed E-state index contributed by atoms with van der Waals surface area (Å²) in [5.41, 5.74) is 7.38. The number of nitrogens with zero attached hydrogens (tertiary/aromatic N) is 2. The zero-order valence-electron chi connectivity index (χ0n) is 14.4. The fourth-order valence-electron chi connectivity index (χ4n) is 3.15. The highest BCUT2D eigenvalue weighted by Gasteiger charge is 2.26. The van der Waals surface area contributed by atoms with E-state index in [4.69, 9.17) is 5.73 Å². The third kappa shape index (κ3) is 4.25. The Morgan fingerprint density at radius 2 is 2.00 bits per heavy atom. The maximum atomic E-state index is 12.1. The van der Waals surface area contributed by atoms with Crippen molar-refractivity contribution in [2.24, 2.45) is 5.73 Å². The van der Waals surface area contributed by atoms with Gasteiger partial charge < -0.3 is 15.5 Å². The van der Waals surface area contributed by atoms with Crippen LogP contribution in [0.4, 0.5) is 10.5 Å². The number of nitrogens with one attached hydrogen (secondary N) is 1. The van der Waals surface area contributed by atoms with E-state index in [2.05, 4.69) is 10.2 Å². The Bertz CT molecular complexity index is 750. The second-order valence-corrected chi connectivity index (χ2v) is 7.19. The van der Waals surface area contributed by atoms with Gasteiger partial charge in [0.15, 0.2) is 0 Å². The topological polar surface area (TPSA) is 95.7 Å². The third-order valence-corrected chi connectivity index (χ3v) is 5.22. The highest BCUT2D eigenvalue weighted by atomic mass is 32.2. The molecular formula is C18H22N4O3S. The molecule has 3 rings (SSSR count). The van der Waals surface area contributed by atoms with E-state index in [1.165, 1.54) is 0 Å². The Kier molecular flexibility index (Phi) is 5.95. The maximum absolute atomic E-state index is 12.1. The number of imide groups is 1. The van der Waals surface area contributed by atoms with Crippen LogP contribution in [-0.4, -0.2) is 54.7 Å². The van der Waals surface area contributed by atoms with Gasteiger partial charge in [-0.2, -0.15) is 0 Å². The van der Waals surface area contributed by atoms with E-state index in [0.29, 0.717) is 24.4 Å². The summed E-state index contributed by atoms with van der Waals surface area (Å²) in [6.45, 7) is 3.29. The molecule has 0 atom stereocenters. The summed E-state index contributed by atoms with van der Waals surface area (Å²) in [6.07, 6.45) is 3.00. The van der Waals surface area contributed by atoms with Crippen LogP contribution in [0.3, 0.4) is 0 Å². The van der Waals surface area contributed by atoms with Gasteiger partial charge in [-0.1, -0.05) is 18.2 Å². The Labute approximate surface area is 156 Å². The molecule has 2 saturated heterocycles. The van der Waals surface area contributed by atoms with Crippen LogP contribution in [0.5, 0.6) is 0 Å². The van der Waals surface area contributed by atoms with Crippen LogP contribution >= 0.6 is 11.8 Å². The standard InChI is InChI=1S/C18H22N4O3S/c19-7-6-16(23)22-9-3-8-21(10-11-22)14-5-2-1-4-13(14)12-15-17(24)20-18(25)26-15/h1-2,4-5,12H,3,6-11,19H2,(H,20,24,25). The molecule has 8 heteroatoms. The minimum atomic E-state index is -0.357. The molecule has 138 valence electrons. The number of benzene rings is 1. The molecule has 26 heavy (non-hydrogen) atoms. The van der Waals surface area contributed by atoms with Crippen molar-refractivity contribution in [2.45, 2.75) is 12.8 Å². The van der Waals surface area contributed by atoms with Crippen LogP contribution in [-0.2, 0) is 9.59 Å². The van der Waals surface area contributed by atoms with E-state index >= 15 is 0 Å². The van der Waals surface area contributed by atoms with Crippen molar-refractivity contribution in [1.82, 2.24) is 10.2 Å². The summed E-state index contributed by atoms with van der Waals surface area (Å²) >= 11 is 0.916. The summed E-state index contributed by atoms with van der Waals surface area (Å²) in [5, 5.41) is 1.93. The Balaban J connectivity index is 1.78. The molecule has 0 saturated carbocycles. The molecular weight excluding hydrogens is 352 g/mol. The molecule has 2 aliphatic rings. The molecule has 0 unspecified atom stereocenters. The largest absolute Gasteiger partial charge is 0.369 e. The second-order valence-electron chi connectivity index (χ2n) is 6.17. The van der Waals surface area contributed by atoms with Gasteiger partial charge in [0, 0.05) is 44.8 Å². The van der Waals surface area contributed by atoms with Crippen molar-refractivity contribution in [3.8, 4) is 0 Å². The Morgan fingerprint density at radius 1 is 1.19 bits per heavy atom. The van der Waals surface area contributed by atoms with Gasteiger partial charge in [0.25, 0.3) is 11.1 Å². The van der Waals surface area contributed by atoms with Crippen LogP contribution in [0.15, 0.2) is 29.2 Å². The first-order valence-corrected chi connectivity index (χ1v) is 9.47. The molecule has 2 heterocycles. The lowest BCUT2D eigenvalue weighted by molar-refractivity contribution is -0.130. The summed E-state index contributed by atoms with van der Waals surface area (Å²) in [6, 6.07) is 7.79. The quantitative estimate of drug-likeness (QED) is 0.774.